The molecule has 0 aromatic heterocycles. The second kappa shape index (κ2) is 5.97. The Labute approximate surface area is 123 Å². The molecule has 2 rings (SSSR count). The Kier molecular flexibility index (Phi) is 4.74. The van der Waals surface area contributed by atoms with E-state index in [-0.39, 0.29) is 16.9 Å². The van der Waals surface area contributed by atoms with Crippen molar-refractivity contribution in [2.75, 3.05) is 19.7 Å². The molecule has 1 aliphatic rings. The molecule has 0 bridgehead atoms. The van der Waals surface area contributed by atoms with Gasteiger partial charge in [0.15, 0.2) is 0 Å². The molecular formula is C12H15Cl2NO3S. The second-order valence-corrected chi connectivity index (χ2v) is 7.04. The zero-order chi connectivity index (χ0) is 14.0. The number of nitrogens with zero attached hydrogens (tertiary/aromatic N) is 1. The number of hydrogen-bond acceptors (Lipinski definition) is 3. The maximum Gasteiger partial charge on any atom is 0.243 e. The van der Waals surface area contributed by atoms with E-state index in [2.05, 4.69) is 0 Å². The molecule has 1 heterocycles. The molecule has 0 spiro atoms. The first-order valence-electron chi connectivity index (χ1n) is 5.91. The Hall–Kier alpha value is -0.330. The van der Waals surface area contributed by atoms with Crippen LogP contribution in [0.2, 0.25) is 5.02 Å². The molecule has 0 N–H and O–H groups in total. The van der Waals surface area contributed by atoms with Crippen molar-refractivity contribution >= 4 is 33.2 Å². The molecule has 1 fully saturated rings. The van der Waals surface area contributed by atoms with Crippen LogP contribution in [0.3, 0.4) is 0 Å². The lowest BCUT2D eigenvalue weighted by molar-refractivity contribution is 0.0102. The van der Waals surface area contributed by atoms with Gasteiger partial charge in [0.05, 0.1) is 17.6 Å². The summed E-state index contributed by atoms with van der Waals surface area (Å²) in [5.41, 5.74) is 0.720. The molecule has 0 radical (unpaired) electrons. The van der Waals surface area contributed by atoms with Gasteiger partial charge in [-0.2, -0.15) is 4.31 Å². The topological polar surface area (TPSA) is 46.6 Å². The standard InChI is InChI=1S/C12H15Cl2NO3S/c1-9-8-15(4-5-18-9)19(16,17)11-3-2-10(7-13)12(14)6-11/h2-3,6,9H,4-5,7-8H2,1H3. The third kappa shape index (κ3) is 3.23. The highest BCUT2D eigenvalue weighted by molar-refractivity contribution is 7.89. The zero-order valence-corrected chi connectivity index (χ0v) is 12.8. The first-order chi connectivity index (χ1) is 8.95. The minimum Gasteiger partial charge on any atom is -0.376 e. The smallest absolute Gasteiger partial charge is 0.243 e. The maximum atomic E-state index is 12.5. The second-order valence-electron chi connectivity index (χ2n) is 4.43. The third-order valence-corrected chi connectivity index (χ3v) is 5.51. The number of morpholine rings is 1. The molecule has 19 heavy (non-hydrogen) atoms. The quantitative estimate of drug-likeness (QED) is 0.803. The van der Waals surface area contributed by atoms with Crippen LogP contribution >= 0.6 is 23.2 Å². The average Bonchev–Trinajstić information content (AvgIpc) is 2.38. The maximum absolute atomic E-state index is 12.5. The van der Waals surface area contributed by atoms with Crippen molar-refractivity contribution in [3.05, 3.63) is 28.8 Å². The van der Waals surface area contributed by atoms with Gasteiger partial charge in [-0.25, -0.2) is 8.42 Å². The fourth-order valence-electron chi connectivity index (χ4n) is 1.95. The SMILES string of the molecule is CC1CN(S(=O)(=O)c2ccc(CCl)c(Cl)c2)CCO1. The Balaban J connectivity index is 2.31. The van der Waals surface area contributed by atoms with Gasteiger partial charge in [0, 0.05) is 24.0 Å². The fraction of sp³-hybridized carbons (Fsp3) is 0.500. The lowest BCUT2D eigenvalue weighted by Crippen LogP contribution is -2.44. The summed E-state index contributed by atoms with van der Waals surface area (Å²) < 4.78 is 31.7. The molecular weight excluding hydrogens is 309 g/mol. The van der Waals surface area contributed by atoms with Crippen LogP contribution in [-0.4, -0.2) is 38.5 Å². The van der Waals surface area contributed by atoms with Crippen LogP contribution in [0.25, 0.3) is 0 Å². The number of halogens is 2. The Bertz CT molecular complexity index is 562. The van der Waals surface area contributed by atoms with Crippen LogP contribution in [0.15, 0.2) is 23.1 Å². The van der Waals surface area contributed by atoms with Gasteiger partial charge >= 0.3 is 0 Å². The van der Waals surface area contributed by atoms with Gasteiger partial charge in [0.1, 0.15) is 0 Å². The Morgan fingerprint density at radius 3 is 2.79 bits per heavy atom. The van der Waals surface area contributed by atoms with E-state index in [4.69, 9.17) is 27.9 Å². The summed E-state index contributed by atoms with van der Waals surface area (Å²) >= 11 is 11.7. The molecule has 0 amide bonds. The highest BCUT2D eigenvalue weighted by Gasteiger charge is 2.29. The zero-order valence-electron chi connectivity index (χ0n) is 10.5. The summed E-state index contributed by atoms with van der Waals surface area (Å²) in [5.74, 6) is 0.258. The van der Waals surface area contributed by atoms with Crippen molar-refractivity contribution < 1.29 is 13.2 Å². The molecule has 1 aromatic rings. The fourth-order valence-corrected chi connectivity index (χ4v) is 4.09. The van der Waals surface area contributed by atoms with Crippen molar-refractivity contribution in [3.63, 3.8) is 0 Å². The van der Waals surface area contributed by atoms with Crippen LogP contribution < -0.4 is 0 Å². The van der Waals surface area contributed by atoms with E-state index in [0.29, 0.717) is 24.7 Å². The third-order valence-electron chi connectivity index (χ3n) is 3.01. The average molecular weight is 324 g/mol. The van der Waals surface area contributed by atoms with Crippen LogP contribution in [0.5, 0.6) is 0 Å². The largest absolute Gasteiger partial charge is 0.376 e. The van der Waals surface area contributed by atoms with Crippen LogP contribution in [0, 0.1) is 0 Å². The number of hydrogen-bond donors (Lipinski definition) is 0. The number of rotatable bonds is 3. The molecule has 0 aliphatic carbocycles. The van der Waals surface area contributed by atoms with Gasteiger partial charge in [-0.1, -0.05) is 17.7 Å². The first kappa shape index (κ1) is 15.1. The predicted molar refractivity (Wildman–Crippen MR) is 75.2 cm³/mol. The molecule has 1 atom stereocenters. The van der Waals surface area contributed by atoms with E-state index in [0.717, 1.165) is 5.56 Å². The highest BCUT2D eigenvalue weighted by atomic mass is 35.5. The van der Waals surface area contributed by atoms with Gasteiger partial charge in [0.2, 0.25) is 10.0 Å². The summed E-state index contributed by atoms with van der Waals surface area (Å²) in [7, 11) is -3.52. The van der Waals surface area contributed by atoms with E-state index in [1.54, 1.807) is 12.1 Å². The highest BCUT2D eigenvalue weighted by Crippen LogP contribution is 2.25. The Morgan fingerprint density at radius 2 is 2.21 bits per heavy atom. The monoisotopic (exact) mass is 323 g/mol. The van der Waals surface area contributed by atoms with Gasteiger partial charge in [-0.3, -0.25) is 0 Å². The van der Waals surface area contributed by atoms with Gasteiger partial charge in [0.25, 0.3) is 0 Å². The van der Waals surface area contributed by atoms with E-state index < -0.39 is 10.0 Å². The molecule has 1 unspecified atom stereocenters. The minimum absolute atomic E-state index is 0.0962. The Morgan fingerprint density at radius 1 is 1.47 bits per heavy atom. The van der Waals surface area contributed by atoms with Crippen molar-refractivity contribution in [1.82, 2.24) is 4.31 Å². The number of sulfonamides is 1. The summed E-state index contributed by atoms with van der Waals surface area (Å²) in [4.78, 5) is 0.195. The molecule has 4 nitrogen and oxygen atoms in total. The van der Waals surface area contributed by atoms with Crippen LogP contribution in [0.1, 0.15) is 12.5 Å². The molecule has 106 valence electrons. The molecule has 0 saturated carbocycles. The van der Waals surface area contributed by atoms with Crippen molar-refractivity contribution in [1.29, 1.82) is 0 Å². The van der Waals surface area contributed by atoms with E-state index in [9.17, 15) is 8.42 Å². The van der Waals surface area contributed by atoms with Gasteiger partial charge < -0.3 is 4.74 Å². The van der Waals surface area contributed by atoms with Crippen molar-refractivity contribution in [2.24, 2.45) is 0 Å². The van der Waals surface area contributed by atoms with E-state index in [1.165, 1.54) is 10.4 Å². The summed E-state index contributed by atoms with van der Waals surface area (Å²) in [5, 5.41) is 0.373. The summed E-state index contributed by atoms with van der Waals surface area (Å²) in [6.07, 6.45) is -0.0962. The number of ether oxygens (including phenoxy) is 1. The predicted octanol–water partition coefficient (Wildman–Crippen LogP) is 2.49. The summed E-state index contributed by atoms with van der Waals surface area (Å²) in [6.45, 7) is 2.98. The van der Waals surface area contributed by atoms with Crippen LogP contribution in [-0.2, 0) is 20.6 Å². The van der Waals surface area contributed by atoms with Crippen LogP contribution in [0.4, 0.5) is 0 Å². The normalized spacial score (nSPS) is 21.5. The minimum atomic E-state index is -3.52. The summed E-state index contributed by atoms with van der Waals surface area (Å²) in [6, 6.07) is 4.64. The van der Waals surface area contributed by atoms with Gasteiger partial charge in [-0.05, 0) is 24.6 Å². The van der Waals surface area contributed by atoms with E-state index in [1.807, 2.05) is 6.92 Å². The molecule has 7 heteroatoms. The molecule has 1 aromatic carbocycles. The van der Waals surface area contributed by atoms with Crippen molar-refractivity contribution in [2.45, 2.75) is 23.8 Å². The lowest BCUT2D eigenvalue weighted by atomic mass is 10.2. The first-order valence-corrected chi connectivity index (χ1v) is 8.26. The molecule has 1 saturated heterocycles. The lowest BCUT2D eigenvalue weighted by Gasteiger charge is -2.30. The number of alkyl halides is 1. The number of benzene rings is 1. The van der Waals surface area contributed by atoms with Crippen molar-refractivity contribution in [3.8, 4) is 0 Å². The van der Waals surface area contributed by atoms with Gasteiger partial charge in [-0.15, -0.1) is 11.6 Å². The molecule has 1 aliphatic heterocycles. The van der Waals surface area contributed by atoms with E-state index >= 15 is 0 Å².